The maximum atomic E-state index is 7.26. The molecule has 0 radical (unpaired) electrons. The number of hydrogen-bond acceptors (Lipinski definition) is 2. The van der Waals surface area contributed by atoms with Gasteiger partial charge in [-0.25, -0.2) is 4.98 Å². The molecule has 2 aromatic rings. The Labute approximate surface area is 138 Å². The van der Waals surface area contributed by atoms with E-state index >= 15 is 0 Å². The molecular weight excluding hydrogens is 284 g/mol. The zero-order valence-corrected chi connectivity index (χ0v) is 14.0. The van der Waals surface area contributed by atoms with Gasteiger partial charge in [-0.3, -0.25) is 0 Å². The molecule has 23 heavy (non-hydrogen) atoms. The molecule has 1 aliphatic carbocycles. The fraction of sp³-hybridized carbons (Fsp3) is 0.526. The van der Waals surface area contributed by atoms with Crippen LogP contribution in [-0.2, 0) is 6.42 Å². The summed E-state index contributed by atoms with van der Waals surface area (Å²) >= 11 is 0. The second-order valence-corrected chi connectivity index (χ2v) is 6.49. The standard InChI is InChI=1S/C19H24N4/c1-4-5-8-15(18-13(2)21-12-22-18)16-9-6-7-14-10-11-17(20-3)23-19(14)16/h10-12,15-16H,4-9H2,1-2H3,(H,21,22). The van der Waals surface area contributed by atoms with Gasteiger partial charge < -0.3 is 9.83 Å². The van der Waals surface area contributed by atoms with Crippen molar-refractivity contribution in [2.75, 3.05) is 0 Å². The van der Waals surface area contributed by atoms with Crippen molar-refractivity contribution < 1.29 is 0 Å². The van der Waals surface area contributed by atoms with Crippen LogP contribution in [0.5, 0.6) is 0 Å². The van der Waals surface area contributed by atoms with Gasteiger partial charge in [0.05, 0.1) is 12.0 Å². The second-order valence-electron chi connectivity index (χ2n) is 6.49. The molecule has 2 unspecified atom stereocenters. The number of fused-ring (bicyclic) bond motifs is 1. The Bertz CT molecular complexity index is 710. The summed E-state index contributed by atoms with van der Waals surface area (Å²) in [7, 11) is 0. The Morgan fingerprint density at radius 1 is 1.43 bits per heavy atom. The van der Waals surface area contributed by atoms with Crippen molar-refractivity contribution in [3.05, 3.63) is 52.5 Å². The van der Waals surface area contributed by atoms with Gasteiger partial charge in [-0.05, 0) is 44.2 Å². The quantitative estimate of drug-likeness (QED) is 0.785. The first-order valence-corrected chi connectivity index (χ1v) is 8.61. The molecule has 0 aliphatic heterocycles. The lowest BCUT2D eigenvalue weighted by Gasteiger charge is -2.29. The van der Waals surface area contributed by atoms with Crippen molar-refractivity contribution in [2.24, 2.45) is 0 Å². The molecule has 1 aliphatic rings. The van der Waals surface area contributed by atoms with Gasteiger partial charge in [0.1, 0.15) is 5.69 Å². The summed E-state index contributed by atoms with van der Waals surface area (Å²) in [5, 5.41) is 0. The zero-order valence-electron chi connectivity index (χ0n) is 14.0. The number of nitrogens with zero attached hydrogens (tertiary/aromatic N) is 3. The molecule has 1 N–H and O–H groups in total. The molecule has 2 aromatic heterocycles. The molecule has 0 aromatic carbocycles. The second kappa shape index (κ2) is 6.95. The highest BCUT2D eigenvalue weighted by Gasteiger charge is 2.34. The highest BCUT2D eigenvalue weighted by molar-refractivity contribution is 5.42. The number of imidazole rings is 1. The molecule has 2 heterocycles. The van der Waals surface area contributed by atoms with Gasteiger partial charge in [-0.2, -0.15) is 0 Å². The number of H-pyrrole nitrogens is 1. The summed E-state index contributed by atoms with van der Waals surface area (Å²) in [5.74, 6) is 1.30. The highest BCUT2D eigenvalue weighted by atomic mass is 14.9. The lowest BCUT2D eigenvalue weighted by molar-refractivity contribution is 0.418. The largest absolute Gasteiger partial charge is 0.361 e. The van der Waals surface area contributed by atoms with Crippen LogP contribution in [0.4, 0.5) is 5.82 Å². The molecule has 4 heteroatoms. The number of rotatable bonds is 5. The van der Waals surface area contributed by atoms with Crippen LogP contribution in [0.3, 0.4) is 0 Å². The van der Waals surface area contributed by atoms with Crippen molar-refractivity contribution in [1.82, 2.24) is 15.0 Å². The minimum atomic E-state index is 0.383. The number of aromatic nitrogens is 3. The first-order valence-electron chi connectivity index (χ1n) is 8.61. The molecule has 0 bridgehead atoms. The van der Waals surface area contributed by atoms with Crippen LogP contribution >= 0.6 is 0 Å². The van der Waals surface area contributed by atoms with E-state index in [1.54, 1.807) is 6.33 Å². The molecular formula is C19H24N4. The predicted octanol–water partition coefficient (Wildman–Crippen LogP) is 5.06. The molecule has 120 valence electrons. The van der Waals surface area contributed by atoms with Gasteiger partial charge >= 0.3 is 0 Å². The summed E-state index contributed by atoms with van der Waals surface area (Å²) in [5.41, 5.74) is 4.82. The van der Waals surface area contributed by atoms with E-state index in [2.05, 4.69) is 39.7 Å². The van der Waals surface area contributed by atoms with Crippen molar-refractivity contribution >= 4 is 5.82 Å². The van der Waals surface area contributed by atoms with Crippen LogP contribution < -0.4 is 0 Å². The van der Waals surface area contributed by atoms with Crippen LogP contribution in [0.15, 0.2) is 18.5 Å². The first kappa shape index (κ1) is 15.7. The molecule has 0 amide bonds. The normalized spacial score (nSPS) is 18.2. The minimum absolute atomic E-state index is 0.383. The van der Waals surface area contributed by atoms with E-state index in [0.717, 1.165) is 25.0 Å². The molecule has 0 saturated carbocycles. The van der Waals surface area contributed by atoms with Crippen molar-refractivity contribution in [2.45, 2.75) is 64.2 Å². The van der Waals surface area contributed by atoms with Crippen LogP contribution in [0.1, 0.15) is 73.5 Å². The molecule has 0 spiro atoms. The Morgan fingerprint density at radius 2 is 2.30 bits per heavy atom. The lowest BCUT2D eigenvalue weighted by atomic mass is 9.75. The van der Waals surface area contributed by atoms with Crippen LogP contribution in [0.2, 0.25) is 0 Å². The Kier molecular flexibility index (Phi) is 4.76. The number of pyridine rings is 1. The van der Waals surface area contributed by atoms with E-state index in [4.69, 9.17) is 6.57 Å². The van der Waals surface area contributed by atoms with Gasteiger partial charge in [-0.1, -0.05) is 32.4 Å². The molecule has 3 rings (SSSR count). The van der Waals surface area contributed by atoms with E-state index in [1.165, 1.54) is 36.2 Å². The Hall–Kier alpha value is -2.15. The van der Waals surface area contributed by atoms with Crippen molar-refractivity contribution in [3.8, 4) is 0 Å². The molecule has 4 nitrogen and oxygen atoms in total. The van der Waals surface area contributed by atoms with Gasteiger partial charge in [0.2, 0.25) is 0 Å². The Balaban J connectivity index is 2.01. The van der Waals surface area contributed by atoms with E-state index in [-0.39, 0.29) is 0 Å². The van der Waals surface area contributed by atoms with Gasteiger partial charge in [-0.15, -0.1) is 4.98 Å². The summed E-state index contributed by atoms with van der Waals surface area (Å²) in [4.78, 5) is 16.1. The van der Waals surface area contributed by atoms with E-state index in [1.807, 2.05) is 6.07 Å². The number of nitrogens with one attached hydrogen (secondary N) is 1. The molecule has 0 fully saturated rings. The third kappa shape index (κ3) is 3.14. The van der Waals surface area contributed by atoms with E-state index in [9.17, 15) is 0 Å². The van der Waals surface area contributed by atoms with Crippen molar-refractivity contribution in [1.29, 1.82) is 0 Å². The Morgan fingerprint density at radius 3 is 3.00 bits per heavy atom. The third-order valence-electron chi connectivity index (χ3n) is 5.00. The van der Waals surface area contributed by atoms with Crippen LogP contribution in [-0.4, -0.2) is 15.0 Å². The smallest absolute Gasteiger partial charge is 0.269 e. The fourth-order valence-electron chi connectivity index (χ4n) is 3.82. The zero-order chi connectivity index (χ0) is 16.2. The maximum Gasteiger partial charge on any atom is 0.269 e. The number of unbranched alkanes of at least 4 members (excludes halogenated alkanes) is 1. The van der Waals surface area contributed by atoms with Crippen LogP contribution in [0.25, 0.3) is 4.85 Å². The van der Waals surface area contributed by atoms with Gasteiger partial charge in [0, 0.05) is 17.5 Å². The van der Waals surface area contributed by atoms with E-state index in [0.29, 0.717) is 17.7 Å². The summed E-state index contributed by atoms with van der Waals surface area (Å²) in [6.45, 7) is 11.6. The van der Waals surface area contributed by atoms with Crippen LogP contribution in [0, 0.1) is 13.5 Å². The first-order chi connectivity index (χ1) is 11.2. The fourth-order valence-corrected chi connectivity index (χ4v) is 3.82. The summed E-state index contributed by atoms with van der Waals surface area (Å²) in [6, 6.07) is 3.96. The SMILES string of the molecule is [C-]#[N+]c1ccc2c(n1)C(C(CCCC)c1nc[nH]c1C)CCC2. The summed E-state index contributed by atoms with van der Waals surface area (Å²) < 4.78 is 0. The average Bonchev–Trinajstić information content (AvgIpc) is 3.01. The van der Waals surface area contributed by atoms with E-state index < -0.39 is 0 Å². The monoisotopic (exact) mass is 308 g/mol. The third-order valence-corrected chi connectivity index (χ3v) is 5.00. The number of aromatic amines is 1. The topological polar surface area (TPSA) is 45.9 Å². The van der Waals surface area contributed by atoms with Gasteiger partial charge in [0.25, 0.3) is 5.82 Å². The van der Waals surface area contributed by atoms with Crippen molar-refractivity contribution in [3.63, 3.8) is 0 Å². The molecule has 2 atom stereocenters. The summed E-state index contributed by atoms with van der Waals surface area (Å²) in [6.07, 6.45) is 8.75. The minimum Gasteiger partial charge on any atom is -0.361 e. The lowest BCUT2D eigenvalue weighted by Crippen LogP contribution is -2.20. The predicted molar refractivity (Wildman–Crippen MR) is 91.8 cm³/mol. The molecule has 0 saturated heterocycles. The number of hydrogen-bond donors (Lipinski definition) is 1. The highest BCUT2D eigenvalue weighted by Crippen LogP contribution is 2.43. The van der Waals surface area contributed by atoms with Gasteiger partial charge in [0.15, 0.2) is 0 Å². The maximum absolute atomic E-state index is 7.26. The number of aryl methyl sites for hydroxylation is 2. The average molecular weight is 308 g/mol.